The molecule has 0 unspecified atom stereocenters. The molecule has 2 heterocycles. The van der Waals surface area contributed by atoms with Gasteiger partial charge in [-0.05, 0) is 29.2 Å². The highest BCUT2D eigenvalue weighted by Crippen LogP contribution is 2.38. The molecule has 0 amide bonds. The van der Waals surface area contributed by atoms with Crippen molar-refractivity contribution in [3.05, 3.63) is 65.2 Å². The molecule has 2 aliphatic heterocycles. The van der Waals surface area contributed by atoms with Crippen LogP contribution in [0.15, 0.2) is 48.5 Å². The molecule has 0 bridgehead atoms. The van der Waals surface area contributed by atoms with Crippen LogP contribution in [0.1, 0.15) is 22.7 Å². The first-order chi connectivity index (χ1) is 10.7. The number of guanidine groups is 1. The van der Waals surface area contributed by atoms with Crippen molar-refractivity contribution in [2.75, 3.05) is 24.5 Å². The van der Waals surface area contributed by atoms with E-state index in [0.29, 0.717) is 0 Å². The molecule has 1 saturated heterocycles. The molecule has 0 aromatic heterocycles. The zero-order chi connectivity index (χ0) is 15.1. The minimum absolute atomic E-state index is 0.176. The van der Waals surface area contributed by atoms with E-state index < -0.39 is 0 Å². The highest BCUT2D eigenvalue weighted by molar-refractivity contribution is 5.75. The molecule has 2 aromatic rings. The first-order valence-corrected chi connectivity index (χ1v) is 7.75. The lowest BCUT2D eigenvalue weighted by Gasteiger charge is -2.43. The molecule has 112 valence electrons. The normalized spacial score (nSPS) is 19.7. The minimum atomic E-state index is 0.176. The van der Waals surface area contributed by atoms with Crippen molar-refractivity contribution in [3.8, 4) is 0 Å². The fourth-order valence-electron chi connectivity index (χ4n) is 3.72. The Bertz CT molecular complexity index is 725. The van der Waals surface area contributed by atoms with Crippen LogP contribution in [0.3, 0.4) is 0 Å². The smallest absolute Gasteiger partial charge is 0.188 e. The molecule has 0 saturated carbocycles. The van der Waals surface area contributed by atoms with Gasteiger partial charge in [-0.15, -0.1) is 0 Å². The fourth-order valence-corrected chi connectivity index (χ4v) is 3.72. The van der Waals surface area contributed by atoms with Crippen molar-refractivity contribution < 1.29 is 0 Å². The molecule has 22 heavy (non-hydrogen) atoms. The van der Waals surface area contributed by atoms with E-state index in [1.807, 2.05) is 4.90 Å². The lowest BCUT2D eigenvalue weighted by Crippen LogP contribution is -2.52. The van der Waals surface area contributed by atoms with Crippen molar-refractivity contribution in [2.45, 2.75) is 12.5 Å². The zero-order valence-electron chi connectivity index (χ0n) is 12.5. The number of benzene rings is 2. The van der Waals surface area contributed by atoms with Crippen molar-refractivity contribution in [1.82, 2.24) is 4.90 Å². The molecule has 4 heteroatoms. The maximum atomic E-state index is 7.76. The number of anilines is 1. The Balaban J connectivity index is 1.85. The summed E-state index contributed by atoms with van der Waals surface area (Å²) in [6.45, 7) is 2.48. The van der Waals surface area contributed by atoms with Crippen LogP contribution in [-0.4, -0.2) is 30.5 Å². The summed E-state index contributed by atoms with van der Waals surface area (Å²) in [5, 5.41) is 7.76. The van der Waals surface area contributed by atoms with Crippen molar-refractivity contribution in [1.29, 1.82) is 5.41 Å². The van der Waals surface area contributed by atoms with Crippen LogP contribution < -0.4 is 10.6 Å². The van der Waals surface area contributed by atoms with E-state index in [-0.39, 0.29) is 12.0 Å². The molecule has 0 spiro atoms. The summed E-state index contributed by atoms with van der Waals surface area (Å²) in [4.78, 5) is 4.46. The quantitative estimate of drug-likeness (QED) is 0.579. The number of piperazine rings is 1. The molecular weight excluding hydrogens is 272 g/mol. The minimum Gasteiger partial charge on any atom is -0.370 e. The summed E-state index contributed by atoms with van der Waals surface area (Å²) in [5.41, 5.74) is 11.2. The zero-order valence-corrected chi connectivity index (χ0v) is 12.5. The number of nitrogens with zero attached hydrogens (tertiary/aromatic N) is 2. The van der Waals surface area contributed by atoms with Crippen LogP contribution in [0.25, 0.3) is 0 Å². The van der Waals surface area contributed by atoms with E-state index in [2.05, 4.69) is 53.4 Å². The molecule has 4 rings (SSSR count). The Morgan fingerprint density at radius 1 is 1.00 bits per heavy atom. The van der Waals surface area contributed by atoms with Crippen LogP contribution in [0.5, 0.6) is 0 Å². The monoisotopic (exact) mass is 292 g/mol. The first-order valence-electron chi connectivity index (χ1n) is 7.75. The third-order valence-corrected chi connectivity index (χ3v) is 4.82. The summed E-state index contributed by atoms with van der Waals surface area (Å²) in [6.07, 6.45) is 0.972. The van der Waals surface area contributed by atoms with E-state index in [0.717, 1.165) is 26.1 Å². The third kappa shape index (κ3) is 2.03. The molecule has 1 atom stereocenters. The van der Waals surface area contributed by atoms with Crippen LogP contribution in [0.2, 0.25) is 0 Å². The van der Waals surface area contributed by atoms with Crippen LogP contribution >= 0.6 is 0 Å². The van der Waals surface area contributed by atoms with Gasteiger partial charge < -0.3 is 15.5 Å². The van der Waals surface area contributed by atoms with Gasteiger partial charge in [0.25, 0.3) is 0 Å². The van der Waals surface area contributed by atoms with Gasteiger partial charge in [0.1, 0.15) is 0 Å². The van der Waals surface area contributed by atoms with E-state index >= 15 is 0 Å². The first kappa shape index (κ1) is 13.2. The topological polar surface area (TPSA) is 56.4 Å². The van der Waals surface area contributed by atoms with E-state index in [4.69, 9.17) is 11.1 Å². The van der Waals surface area contributed by atoms with Gasteiger partial charge in [0.05, 0.1) is 6.04 Å². The number of hydrogen-bond donors (Lipinski definition) is 2. The number of hydrogen-bond acceptors (Lipinski definition) is 2. The number of fused-ring (bicyclic) bond motifs is 5. The Labute approximate surface area is 130 Å². The van der Waals surface area contributed by atoms with Crippen molar-refractivity contribution >= 4 is 11.6 Å². The van der Waals surface area contributed by atoms with Gasteiger partial charge in [0.2, 0.25) is 0 Å². The van der Waals surface area contributed by atoms with E-state index in [1.165, 1.54) is 22.4 Å². The predicted octanol–water partition coefficient (Wildman–Crippen LogP) is 2.35. The van der Waals surface area contributed by atoms with Gasteiger partial charge in [0.15, 0.2) is 5.96 Å². The maximum Gasteiger partial charge on any atom is 0.188 e. The standard InChI is InChI=1S/C18H20N4/c19-18(20)21-9-10-22-16-8-4-2-6-14(16)11-13-5-1-3-7-15(13)17(22)12-21/h1-8,17H,9-12H2,(H3,19,20)/t17-/m1/s1. The Hall–Kier alpha value is -2.49. The SMILES string of the molecule is N=C(N)N1CCN2c3ccccc3Cc3ccccc3[C@H]2C1. The number of para-hydroxylation sites is 1. The second-order valence-corrected chi connectivity index (χ2v) is 6.04. The molecule has 0 aliphatic carbocycles. The van der Waals surface area contributed by atoms with Gasteiger partial charge >= 0.3 is 0 Å². The van der Waals surface area contributed by atoms with E-state index in [1.54, 1.807) is 0 Å². The average molecular weight is 292 g/mol. The highest BCUT2D eigenvalue weighted by Gasteiger charge is 2.33. The lowest BCUT2D eigenvalue weighted by atomic mass is 9.96. The summed E-state index contributed by atoms with van der Waals surface area (Å²) >= 11 is 0. The third-order valence-electron chi connectivity index (χ3n) is 4.82. The van der Waals surface area contributed by atoms with Crippen LogP contribution in [0, 0.1) is 5.41 Å². The van der Waals surface area contributed by atoms with Crippen LogP contribution in [-0.2, 0) is 6.42 Å². The predicted molar refractivity (Wildman–Crippen MR) is 89.3 cm³/mol. The molecular formula is C18H20N4. The van der Waals surface area contributed by atoms with E-state index in [9.17, 15) is 0 Å². The number of rotatable bonds is 0. The Kier molecular flexibility index (Phi) is 3.03. The molecule has 2 aromatic carbocycles. The van der Waals surface area contributed by atoms with Gasteiger partial charge in [-0.3, -0.25) is 5.41 Å². The fraction of sp³-hybridized carbons (Fsp3) is 0.278. The largest absolute Gasteiger partial charge is 0.370 e. The highest BCUT2D eigenvalue weighted by atomic mass is 15.3. The van der Waals surface area contributed by atoms with Gasteiger partial charge in [-0.25, -0.2) is 0 Å². The summed E-state index contributed by atoms with van der Waals surface area (Å²) in [5.74, 6) is 0.176. The lowest BCUT2D eigenvalue weighted by molar-refractivity contribution is 0.326. The number of nitrogens with one attached hydrogen (secondary N) is 1. The summed E-state index contributed by atoms with van der Waals surface area (Å²) < 4.78 is 0. The van der Waals surface area contributed by atoms with Gasteiger partial charge in [0, 0.05) is 25.3 Å². The van der Waals surface area contributed by atoms with Crippen molar-refractivity contribution in [2.24, 2.45) is 5.73 Å². The molecule has 4 nitrogen and oxygen atoms in total. The summed E-state index contributed by atoms with van der Waals surface area (Å²) in [6, 6.07) is 17.6. The Morgan fingerprint density at radius 2 is 1.73 bits per heavy atom. The van der Waals surface area contributed by atoms with Crippen LogP contribution in [0.4, 0.5) is 5.69 Å². The second kappa shape index (κ2) is 5.05. The second-order valence-electron chi connectivity index (χ2n) is 6.04. The molecule has 1 fully saturated rings. The van der Waals surface area contributed by atoms with Gasteiger partial charge in [-0.1, -0.05) is 42.5 Å². The Morgan fingerprint density at radius 3 is 2.55 bits per heavy atom. The van der Waals surface area contributed by atoms with Crippen molar-refractivity contribution in [3.63, 3.8) is 0 Å². The average Bonchev–Trinajstić information content (AvgIpc) is 2.69. The molecule has 2 aliphatic rings. The maximum absolute atomic E-state index is 7.76. The molecule has 0 radical (unpaired) electrons. The molecule has 3 N–H and O–H groups in total. The van der Waals surface area contributed by atoms with Gasteiger partial charge in [-0.2, -0.15) is 0 Å². The summed E-state index contributed by atoms with van der Waals surface area (Å²) in [7, 11) is 0. The number of nitrogens with two attached hydrogens (primary N) is 1.